The lowest BCUT2D eigenvalue weighted by Gasteiger charge is -2.11. The summed E-state index contributed by atoms with van der Waals surface area (Å²) in [6.45, 7) is 3.00. The van der Waals surface area contributed by atoms with Gasteiger partial charge in [0.25, 0.3) is 0 Å². The number of nitriles is 1. The van der Waals surface area contributed by atoms with E-state index in [1.165, 1.54) is 0 Å². The SMILES string of the molecule is CCCn1c(-c2ccc(NC)cc2)c(C#N)c2ccc(OC)cc21. The first kappa shape index (κ1) is 15.9. The first-order chi connectivity index (χ1) is 11.7. The van der Waals surface area contributed by atoms with Gasteiger partial charge in [0, 0.05) is 30.7 Å². The topological polar surface area (TPSA) is 50.0 Å². The highest BCUT2D eigenvalue weighted by molar-refractivity contribution is 5.95. The number of aromatic nitrogens is 1. The molecule has 1 heterocycles. The van der Waals surface area contributed by atoms with Gasteiger partial charge in [-0.05, 0) is 36.2 Å². The van der Waals surface area contributed by atoms with Crippen LogP contribution in [0, 0.1) is 11.3 Å². The van der Waals surface area contributed by atoms with E-state index < -0.39 is 0 Å². The lowest BCUT2D eigenvalue weighted by Crippen LogP contribution is -2.00. The lowest BCUT2D eigenvalue weighted by molar-refractivity contribution is 0.415. The Morgan fingerprint density at radius 1 is 1.17 bits per heavy atom. The number of hydrogen-bond donors (Lipinski definition) is 1. The van der Waals surface area contributed by atoms with Crippen molar-refractivity contribution in [1.82, 2.24) is 4.57 Å². The first-order valence-corrected chi connectivity index (χ1v) is 8.12. The van der Waals surface area contributed by atoms with E-state index >= 15 is 0 Å². The van der Waals surface area contributed by atoms with Gasteiger partial charge < -0.3 is 14.6 Å². The molecular weight excluding hydrogens is 298 g/mol. The molecule has 0 radical (unpaired) electrons. The molecule has 2 aromatic carbocycles. The Kier molecular flexibility index (Phi) is 4.43. The Morgan fingerprint density at radius 2 is 1.92 bits per heavy atom. The molecule has 3 rings (SSSR count). The number of methoxy groups -OCH3 is 1. The minimum atomic E-state index is 0.721. The molecule has 0 amide bonds. The Balaban J connectivity index is 2.31. The zero-order valence-electron chi connectivity index (χ0n) is 14.3. The van der Waals surface area contributed by atoms with E-state index in [1.54, 1.807) is 7.11 Å². The van der Waals surface area contributed by atoms with E-state index in [4.69, 9.17) is 4.74 Å². The van der Waals surface area contributed by atoms with E-state index in [-0.39, 0.29) is 0 Å². The van der Waals surface area contributed by atoms with Crippen LogP contribution >= 0.6 is 0 Å². The number of aryl methyl sites for hydroxylation is 1. The van der Waals surface area contributed by atoms with Gasteiger partial charge in [-0.1, -0.05) is 19.1 Å². The quantitative estimate of drug-likeness (QED) is 0.745. The van der Waals surface area contributed by atoms with Gasteiger partial charge >= 0.3 is 0 Å². The van der Waals surface area contributed by atoms with Crippen molar-refractivity contribution in [2.45, 2.75) is 19.9 Å². The van der Waals surface area contributed by atoms with Gasteiger partial charge in [0.05, 0.1) is 23.9 Å². The van der Waals surface area contributed by atoms with Crippen LogP contribution in [0.2, 0.25) is 0 Å². The molecule has 1 N–H and O–H groups in total. The standard InChI is InChI=1S/C20H21N3O/c1-4-11-23-19-12-16(24-3)9-10-17(19)18(13-21)20(23)14-5-7-15(22-2)8-6-14/h5-10,12,22H,4,11H2,1-3H3. The van der Waals surface area contributed by atoms with Crippen LogP contribution in [0.5, 0.6) is 5.75 Å². The molecule has 122 valence electrons. The van der Waals surface area contributed by atoms with Crippen LogP contribution in [-0.4, -0.2) is 18.7 Å². The van der Waals surface area contributed by atoms with Crippen LogP contribution in [0.15, 0.2) is 42.5 Å². The van der Waals surface area contributed by atoms with Crippen molar-refractivity contribution < 1.29 is 4.74 Å². The van der Waals surface area contributed by atoms with Crippen LogP contribution < -0.4 is 10.1 Å². The molecule has 3 aromatic rings. The fourth-order valence-corrected chi connectivity index (χ4v) is 3.12. The third kappa shape index (κ3) is 2.59. The minimum Gasteiger partial charge on any atom is -0.497 e. The number of anilines is 1. The maximum Gasteiger partial charge on any atom is 0.120 e. The van der Waals surface area contributed by atoms with E-state index in [1.807, 2.05) is 37.4 Å². The molecule has 0 atom stereocenters. The fourth-order valence-electron chi connectivity index (χ4n) is 3.12. The van der Waals surface area contributed by atoms with Gasteiger partial charge in [-0.3, -0.25) is 0 Å². The highest BCUT2D eigenvalue weighted by Gasteiger charge is 2.18. The van der Waals surface area contributed by atoms with Crippen molar-refractivity contribution in [3.05, 3.63) is 48.0 Å². The Morgan fingerprint density at radius 3 is 2.50 bits per heavy atom. The van der Waals surface area contributed by atoms with Gasteiger partial charge in [0.1, 0.15) is 11.8 Å². The zero-order chi connectivity index (χ0) is 17.1. The third-order valence-corrected chi connectivity index (χ3v) is 4.28. The van der Waals surface area contributed by atoms with E-state index in [0.717, 1.165) is 52.1 Å². The monoisotopic (exact) mass is 319 g/mol. The first-order valence-electron chi connectivity index (χ1n) is 8.12. The molecule has 0 spiro atoms. The van der Waals surface area contributed by atoms with Crippen LogP contribution in [0.3, 0.4) is 0 Å². The summed E-state index contributed by atoms with van der Waals surface area (Å²) in [5.41, 5.74) is 4.84. The molecule has 0 aliphatic carbocycles. The Labute approximate surface area is 142 Å². The van der Waals surface area contributed by atoms with Crippen molar-refractivity contribution in [2.24, 2.45) is 0 Å². The average Bonchev–Trinajstić information content (AvgIpc) is 2.94. The fraction of sp³-hybridized carbons (Fsp3) is 0.250. The number of ether oxygens (including phenoxy) is 1. The van der Waals surface area contributed by atoms with Crippen molar-refractivity contribution in [3.8, 4) is 23.1 Å². The normalized spacial score (nSPS) is 10.6. The van der Waals surface area contributed by atoms with Crippen molar-refractivity contribution >= 4 is 16.6 Å². The number of benzene rings is 2. The summed E-state index contributed by atoms with van der Waals surface area (Å²) in [5.74, 6) is 0.805. The second kappa shape index (κ2) is 6.67. The predicted molar refractivity (Wildman–Crippen MR) is 98.5 cm³/mol. The molecule has 1 aromatic heterocycles. The molecule has 0 bridgehead atoms. The largest absolute Gasteiger partial charge is 0.497 e. The van der Waals surface area contributed by atoms with Crippen LogP contribution in [0.1, 0.15) is 18.9 Å². The molecule has 0 saturated carbocycles. The van der Waals surface area contributed by atoms with Crippen LogP contribution in [-0.2, 0) is 6.54 Å². The van der Waals surface area contributed by atoms with Crippen molar-refractivity contribution in [1.29, 1.82) is 5.26 Å². The minimum absolute atomic E-state index is 0.721. The summed E-state index contributed by atoms with van der Waals surface area (Å²) in [4.78, 5) is 0. The van der Waals surface area contributed by atoms with Crippen molar-refractivity contribution in [2.75, 3.05) is 19.5 Å². The molecule has 0 unspecified atom stereocenters. The molecular formula is C20H21N3O. The van der Waals surface area contributed by atoms with Gasteiger partial charge in [-0.25, -0.2) is 0 Å². The maximum atomic E-state index is 9.78. The highest BCUT2D eigenvalue weighted by Crippen LogP contribution is 2.35. The summed E-state index contributed by atoms with van der Waals surface area (Å²) in [6, 6.07) is 16.5. The molecule has 24 heavy (non-hydrogen) atoms. The van der Waals surface area contributed by atoms with Crippen LogP contribution in [0.4, 0.5) is 5.69 Å². The molecule has 0 aliphatic rings. The number of nitrogens with one attached hydrogen (secondary N) is 1. The molecule has 0 aliphatic heterocycles. The lowest BCUT2D eigenvalue weighted by atomic mass is 10.1. The summed E-state index contributed by atoms with van der Waals surface area (Å²) in [7, 11) is 3.56. The van der Waals surface area contributed by atoms with Gasteiger partial charge in [-0.15, -0.1) is 0 Å². The summed E-state index contributed by atoms with van der Waals surface area (Å²) in [6.07, 6.45) is 0.994. The highest BCUT2D eigenvalue weighted by atomic mass is 16.5. The maximum absolute atomic E-state index is 9.78. The second-order valence-corrected chi connectivity index (χ2v) is 5.70. The zero-order valence-corrected chi connectivity index (χ0v) is 14.3. The van der Waals surface area contributed by atoms with Gasteiger partial charge in [-0.2, -0.15) is 5.26 Å². The molecule has 4 nitrogen and oxygen atoms in total. The summed E-state index contributed by atoms with van der Waals surface area (Å²) >= 11 is 0. The van der Waals surface area contributed by atoms with E-state index in [9.17, 15) is 5.26 Å². The van der Waals surface area contributed by atoms with Gasteiger partial charge in [0.15, 0.2) is 0 Å². The van der Waals surface area contributed by atoms with E-state index in [0.29, 0.717) is 0 Å². The number of fused-ring (bicyclic) bond motifs is 1. The molecule has 0 saturated heterocycles. The summed E-state index contributed by atoms with van der Waals surface area (Å²) in [5, 5.41) is 13.9. The Hall–Kier alpha value is -2.93. The average molecular weight is 319 g/mol. The van der Waals surface area contributed by atoms with E-state index in [2.05, 4.69) is 35.0 Å². The second-order valence-electron chi connectivity index (χ2n) is 5.70. The third-order valence-electron chi connectivity index (χ3n) is 4.28. The Bertz CT molecular complexity index is 901. The number of hydrogen-bond acceptors (Lipinski definition) is 3. The molecule has 0 fully saturated rings. The summed E-state index contributed by atoms with van der Waals surface area (Å²) < 4.78 is 7.60. The smallest absolute Gasteiger partial charge is 0.120 e. The van der Waals surface area contributed by atoms with Crippen molar-refractivity contribution in [3.63, 3.8) is 0 Å². The van der Waals surface area contributed by atoms with Crippen LogP contribution in [0.25, 0.3) is 22.2 Å². The number of nitrogens with zero attached hydrogens (tertiary/aromatic N) is 2. The predicted octanol–water partition coefficient (Wildman–Crippen LogP) is 4.64. The van der Waals surface area contributed by atoms with Gasteiger partial charge in [0.2, 0.25) is 0 Å². The molecule has 4 heteroatoms. The number of rotatable bonds is 5.